The highest BCUT2D eigenvalue weighted by atomic mass is 35.5. The van der Waals surface area contributed by atoms with Crippen molar-refractivity contribution in [3.8, 4) is 11.4 Å². The Labute approximate surface area is 144 Å². The van der Waals surface area contributed by atoms with Crippen LogP contribution in [0.25, 0.3) is 22.6 Å². The monoisotopic (exact) mass is 375 g/mol. The number of nitrogens with zero attached hydrogens (tertiary/aromatic N) is 5. The second-order valence-corrected chi connectivity index (χ2v) is 5.57. The molecular formula is C14H13ClF3N5O2. The van der Waals surface area contributed by atoms with Gasteiger partial charge in [0.1, 0.15) is 11.3 Å². The second-order valence-electron chi connectivity index (χ2n) is 5.31. The first-order valence-electron chi connectivity index (χ1n) is 7.18. The van der Waals surface area contributed by atoms with Crippen LogP contribution in [0.1, 0.15) is 18.6 Å². The van der Waals surface area contributed by atoms with Crippen molar-refractivity contribution in [2.75, 3.05) is 7.11 Å². The Balaban J connectivity index is 2.02. The molecule has 3 aromatic heterocycles. The van der Waals surface area contributed by atoms with Crippen molar-refractivity contribution >= 4 is 22.8 Å². The summed E-state index contributed by atoms with van der Waals surface area (Å²) in [4.78, 5) is 12.0. The van der Waals surface area contributed by atoms with Crippen molar-refractivity contribution < 1.29 is 22.4 Å². The SMILES string of the molecule is COC(C)Cn1c(CCl)nc2cc(-c3noc(C(F)(F)F)n3)cnc21. The molecule has 3 heterocycles. The quantitative estimate of drug-likeness (QED) is 0.637. The number of pyridine rings is 1. The number of imidazole rings is 1. The molecule has 1 atom stereocenters. The highest BCUT2D eigenvalue weighted by Gasteiger charge is 2.38. The van der Waals surface area contributed by atoms with Crippen LogP contribution < -0.4 is 0 Å². The van der Waals surface area contributed by atoms with E-state index in [0.29, 0.717) is 23.5 Å². The highest BCUT2D eigenvalue weighted by Crippen LogP contribution is 2.30. The van der Waals surface area contributed by atoms with E-state index < -0.39 is 12.1 Å². The number of rotatable bonds is 5. The Morgan fingerprint density at radius 1 is 1.36 bits per heavy atom. The minimum Gasteiger partial charge on any atom is -0.380 e. The van der Waals surface area contributed by atoms with Gasteiger partial charge in [-0.25, -0.2) is 9.97 Å². The lowest BCUT2D eigenvalue weighted by atomic mass is 10.2. The van der Waals surface area contributed by atoms with E-state index in [-0.39, 0.29) is 23.4 Å². The molecule has 0 spiro atoms. The standard InChI is InChI=1S/C14H13ClF3N5O2/c1-7(24-2)6-23-10(4-15)20-9-3-8(5-19-12(9)23)11-21-13(25-22-11)14(16,17)18/h3,5,7H,4,6H2,1-2H3. The molecule has 3 aromatic rings. The van der Waals surface area contributed by atoms with Crippen molar-refractivity contribution in [1.82, 2.24) is 24.7 Å². The number of methoxy groups -OCH3 is 1. The van der Waals surface area contributed by atoms with Crippen molar-refractivity contribution in [2.24, 2.45) is 0 Å². The molecule has 0 saturated heterocycles. The van der Waals surface area contributed by atoms with E-state index >= 15 is 0 Å². The summed E-state index contributed by atoms with van der Waals surface area (Å²) >= 11 is 5.92. The van der Waals surface area contributed by atoms with E-state index in [1.807, 2.05) is 6.92 Å². The molecule has 0 bridgehead atoms. The molecule has 0 aromatic carbocycles. The third-order valence-corrected chi connectivity index (χ3v) is 3.79. The molecular weight excluding hydrogens is 363 g/mol. The summed E-state index contributed by atoms with van der Waals surface area (Å²) in [6.07, 6.45) is -3.43. The third-order valence-electron chi connectivity index (χ3n) is 3.55. The third kappa shape index (κ3) is 3.45. The van der Waals surface area contributed by atoms with Gasteiger partial charge >= 0.3 is 12.1 Å². The fourth-order valence-corrected chi connectivity index (χ4v) is 2.47. The van der Waals surface area contributed by atoms with E-state index in [4.69, 9.17) is 16.3 Å². The number of hydrogen-bond acceptors (Lipinski definition) is 6. The van der Waals surface area contributed by atoms with Gasteiger partial charge in [-0.2, -0.15) is 18.2 Å². The molecule has 134 valence electrons. The summed E-state index contributed by atoms with van der Waals surface area (Å²) < 4.78 is 49.0. The Hall–Kier alpha value is -2.20. The van der Waals surface area contributed by atoms with Crippen molar-refractivity contribution in [3.63, 3.8) is 0 Å². The summed E-state index contributed by atoms with van der Waals surface area (Å²) in [5.74, 6) is -0.894. The first-order valence-corrected chi connectivity index (χ1v) is 7.72. The molecule has 0 radical (unpaired) electrons. The zero-order valence-electron chi connectivity index (χ0n) is 13.2. The zero-order chi connectivity index (χ0) is 18.2. The molecule has 11 heteroatoms. The topological polar surface area (TPSA) is 78.9 Å². The molecule has 3 rings (SSSR count). The lowest BCUT2D eigenvalue weighted by Crippen LogP contribution is -2.16. The molecule has 0 amide bonds. The Morgan fingerprint density at radius 3 is 2.72 bits per heavy atom. The zero-order valence-corrected chi connectivity index (χ0v) is 14.0. The average Bonchev–Trinajstić information content (AvgIpc) is 3.19. The largest absolute Gasteiger partial charge is 0.471 e. The van der Waals surface area contributed by atoms with Gasteiger partial charge in [0.15, 0.2) is 5.65 Å². The van der Waals surface area contributed by atoms with Crippen LogP contribution in [-0.2, 0) is 23.3 Å². The Morgan fingerprint density at radius 2 is 2.12 bits per heavy atom. The van der Waals surface area contributed by atoms with Gasteiger partial charge in [0.2, 0.25) is 5.82 Å². The van der Waals surface area contributed by atoms with Crippen LogP contribution >= 0.6 is 11.6 Å². The van der Waals surface area contributed by atoms with E-state index in [1.54, 1.807) is 11.7 Å². The number of alkyl halides is 4. The number of hydrogen-bond donors (Lipinski definition) is 0. The van der Waals surface area contributed by atoms with E-state index in [2.05, 4.69) is 24.6 Å². The van der Waals surface area contributed by atoms with Gasteiger partial charge in [-0.1, -0.05) is 5.16 Å². The smallest absolute Gasteiger partial charge is 0.380 e. The van der Waals surface area contributed by atoms with E-state index in [1.165, 1.54) is 12.3 Å². The average molecular weight is 376 g/mol. The summed E-state index contributed by atoms with van der Waals surface area (Å²) in [6.45, 7) is 2.37. The van der Waals surface area contributed by atoms with Crippen LogP contribution in [0.5, 0.6) is 0 Å². The van der Waals surface area contributed by atoms with E-state index in [0.717, 1.165) is 0 Å². The molecule has 0 fully saturated rings. The minimum absolute atomic E-state index is 0.0904. The number of fused-ring (bicyclic) bond motifs is 1. The van der Waals surface area contributed by atoms with Crippen LogP contribution in [0.15, 0.2) is 16.8 Å². The highest BCUT2D eigenvalue weighted by molar-refractivity contribution is 6.16. The maximum atomic E-state index is 12.6. The van der Waals surface area contributed by atoms with Gasteiger partial charge in [-0.05, 0) is 13.0 Å². The molecule has 7 nitrogen and oxygen atoms in total. The van der Waals surface area contributed by atoms with E-state index in [9.17, 15) is 13.2 Å². The molecule has 0 aliphatic rings. The Kier molecular flexibility index (Phi) is 4.65. The summed E-state index contributed by atoms with van der Waals surface area (Å²) in [7, 11) is 1.59. The summed E-state index contributed by atoms with van der Waals surface area (Å²) in [6, 6.07) is 1.54. The molecule has 0 aliphatic carbocycles. The van der Waals surface area contributed by atoms with Crippen LogP contribution in [0.4, 0.5) is 13.2 Å². The molecule has 0 aliphatic heterocycles. The van der Waals surface area contributed by atoms with Gasteiger partial charge in [-0.15, -0.1) is 11.6 Å². The molecule has 0 N–H and O–H groups in total. The van der Waals surface area contributed by atoms with Crippen molar-refractivity contribution in [1.29, 1.82) is 0 Å². The summed E-state index contributed by atoms with van der Waals surface area (Å²) in [5, 5.41) is 3.34. The number of ether oxygens (including phenoxy) is 1. The van der Waals surface area contributed by atoms with Gasteiger partial charge in [0.25, 0.3) is 0 Å². The second kappa shape index (κ2) is 6.60. The predicted octanol–water partition coefficient (Wildman–Crippen LogP) is 3.27. The van der Waals surface area contributed by atoms with Crippen LogP contribution in [0, 0.1) is 0 Å². The predicted molar refractivity (Wildman–Crippen MR) is 81.9 cm³/mol. The van der Waals surface area contributed by atoms with Crippen LogP contribution in [0.3, 0.4) is 0 Å². The summed E-state index contributed by atoms with van der Waals surface area (Å²) in [5.41, 5.74) is 1.27. The van der Waals surface area contributed by atoms with Crippen molar-refractivity contribution in [3.05, 3.63) is 24.0 Å². The van der Waals surface area contributed by atoms with Crippen LogP contribution in [0.2, 0.25) is 0 Å². The maximum absolute atomic E-state index is 12.6. The van der Waals surface area contributed by atoms with Crippen LogP contribution in [-0.4, -0.2) is 37.9 Å². The molecule has 25 heavy (non-hydrogen) atoms. The lowest BCUT2D eigenvalue weighted by molar-refractivity contribution is -0.159. The maximum Gasteiger partial charge on any atom is 0.471 e. The normalized spacial score (nSPS) is 13.5. The number of aromatic nitrogens is 5. The molecule has 1 unspecified atom stereocenters. The Bertz CT molecular complexity index is 892. The fraction of sp³-hybridized carbons (Fsp3) is 0.429. The minimum atomic E-state index is -4.70. The van der Waals surface area contributed by atoms with Gasteiger partial charge in [-0.3, -0.25) is 0 Å². The molecule has 0 saturated carbocycles. The van der Waals surface area contributed by atoms with Gasteiger partial charge in [0.05, 0.1) is 18.5 Å². The lowest BCUT2D eigenvalue weighted by Gasteiger charge is -2.12. The van der Waals surface area contributed by atoms with Crippen molar-refractivity contribution in [2.45, 2.75) is 31.6 Å². The van der Waals surface area contributed by atoms with Gasteiger partial charge in [0, 0.05) is 18.9 Å². The first-order chi connectivity index (χ1) is 11.8. The number of halogens is 4. The first kappa shape index (κ1) is 17.6. The van der Waals surface area contributed by atoms with Gasteiger partial charge < -0.3 is 13.8 Å². The fourth-order valence-electron chi connectivity index (χ4n) is 2.26.